The van der Waals surface area contributed by atoms with Crippen LogP contribution in [0.5, 0.6) is 0 Å². The van der Waals surface area contributed by atoms with Gasteiger partial charge in [0.1, 0.15) is 18.6 Å². The highest BCUT2D eigenvalue weighted by Crippen LogP contribution is 2.39. The monoisotopic (exact) mass is 480 g/mol. The largest absolute Gasteiger partial charge is 0.372 e. The number of rotatable bonds is 11. The van der Waals surface area contributed by atoms with Gasteiger partial charge < -0.3 is 19.9 Å². The average Bonchev–Trinajstić information content (AvgIpc) is 3.25. The van der Waals surface area contributed by atoms with Crippen LogP contribution in [0, 0.1) is 5.41 Å². The smallest absolute Gasteiger partial charge is 0.249 e. The van der Waals surface area contributed by atoms with E-state index in [0.29, 0.717) is 19.0 Å². The first kappa shape index (κ1) is 26.6. The number of hydrogen-bond acceptors (Lipinski definition) is 4. The summed E-state index contributed by atoms with van der Waals surface area (Å²) in [7, 11) is 0. The summed E-state index contributed by atoms with van der Waals surface area (Å²) in [5, 5.41) is 0. The van der Waals surface area contributed by atoms with E-state index in [1.807, 2.05) is 82.4 Å². The third kappa shape index (κ3) is 6.99. The minimum Gasteiger partial charge on any atom is -0.372 e. The summed E-state index contributed by atoms with van der Waals surface area (Å²) < 4.78 is 22.2. The van der Waals surface area contributed by atoms with Gasteiger partial charge in [0.15, 0.2) is 0 Å². The quantitative estimate of drug-likeness (QED) is 0.426. The molecule has 0 aliphatic heterocycles. The van der Waals surface area contributed by atoms with Crippen LogP contribution in [0.3, 0.4) is 0 Å². The Morgan fingerprint density at radius 3 is 2.31 bits per heavy atom. The Morgan fingerprint density at radius 2 is 1.74 bits per heavy atom. The van der Waals surface area contributed by atoms with Crippen LogP contribution in [0.15, 0.2) is 66.9 Å². The van der Waals surface area contributed by atoms with Crippen LogP contribution in [-0.4, -0.2) is 52.8 Å². The second kappa shape index (κ2) is 12.1. The molecule has 1 aromatic heterocycles. The summed E-state index contributed by atoms with van der Waals surface area (Å²) in [6, 6.07) is 19.5. The highest BCUT2D eigenvalue weighted by molar-refractivity contribution is 5.78. The highest BCUT2D eigenvalue weighted by Gasteiger charge is 2.39. The van der Waals surface area contributed by atoms with E-state index >= 15 is 0 Å². The van der Waals surface area contributed by atoms with E-state index in [2.05, 4.69) is 16.7 Å². The molecule has 0 saturated carbocycles. The van der Waals surface area contributed by atoms with Crippen molar-refractivity contribution in [2.45, 2.75) is 46.5 Å². The third-order valence-electron chi connectivity index (χ3n) is 5.85. The van der Waals surface area contributed by atoms with Crippen molar-refractivity contribution in [3.8, 4) is 11.3 Å². The molecule has 0 aliphatic rings. The van der Waals surface area contributed by atoms with Gasteiger partial charge in [0, 0.05) is 31.5 Å². The van der Waals surface area contributed by atoms with E-state index in [-0.39, 0.29) is 25.6 Å². The van der Waals surface area contributed by atoms with Crippen molar-refractivity contribution in [3.63, 3.8) is 0 Å². The first-order valence-corrected chi connectivity index (χ1v) is 12.1. The maximum Gasteiger partial charge on any atom is 0.249 e. The first-order valence-electron chi connectivity index (χ1n) is 12.1. The molecule has 1 amide bonds. The number of hydrogen-bond donors (Lipinski definition) is 1. The van der Waals surface area contributed by atoms with Gasteiger partial charge in [0.25, 0.3) is 0 Å². The Bertz CT molecular complexity index is 1060. The predicted molar refractivity (Wildman–Crippen MR) is 138 cm³/mol. The van der Waals surface area contributed by atoms with Gasteiger partial charge in [-0.2, -0.15) is 0 Å². The molecule has 2 atom stereocenters. The van der Waals surface area contributed by atoms with Crippen LogP contribution in [0.4, 0.5) is 4.39 Å². The van der Waals surface area contributed by atoms with Crippen molar-refractivity contribution in [2.24, 2.45) is 11.1 Å². The molecule has 1 heterocycles. The van der Waals surface area contributed by atoms with E-state index in [1.54, 1.807) is 4.90 Å². The Kier molecular flexibility index (Phi) is 9.18. The molecule has 7 heteroatoms. The number of amides is 1. The summed E-state index contributed by atoms with van der Waals surface area (Å²) in [6.45, 7) is 8.52. The van der Waals surface area contributed by atoms with Gasteiger partial charge in [-0.25, -0.2) is 9.37 Å². The Balaban J connectivity index is 2.15. The zero-order valence-electron chi connectivity index (χ0n) is 21.2. The minimum absolute atomic E-state index is 0.120. The van der Waals surface area contributed by atoms with Gasteiger partial charge in [0.05, 0.1) is 18.3 Å². The van der Waals surface area contributed by atoms with Gasteiger partial charge in [-0.05, 0) is 17.9 Å². The lowest BCUT2D eigenvalue weighted by Crippen LogP contribution is -2.47. The van der Waals surface area contributed by atoms with Gasteiger partial charge >= 0.3 is 0 Å². The van der Waals surface area contributed by atoms with Crippen molar-refractivity contribution in [1.29, 1.82) is 0 Å². The molecule has 0 bridgehead atoms. The molecule has 3 aromatic rings. The fourth-order valence-corrected chi connectivity index (χ4v) is 4.21. The number of alkyl halides is 1. The lowest BCUT2D eigenvalue weighted by molar-refractivity contribution is -0.142. The number of nitrogens with two attached hydrogens (primary N) is 1. The number of halogens is 1. The fraction of sp³-hybridized carbons (Fsp3) is 0.429. The number of carbonyl (C=O) groups is 1. The van der Waals surface area contributed by atoms with Crippen molar-refractivity contribution in [3.05, 3.63) is 78.2 Å². The normalized spacial score (nSPS) is 13.4. The van der Waals surface area contributed by atoms with Gasteiger partial charge in [-0.1, -0.05) is 81.4 Å². The van der Waals surface area contributed by atoms with Crippen LogP contribution < -0.4 is 5.73 Å². The zero-order valence-corrected chi connectivity index (χ0v) is 21.2. The standard InChI is InChI=1S/C28H37FN4O2/c1-5-35-20-25(34)33(18-23(29)16-30)26(28(2,3)4)27-31-24(22-14-10-7-11-15-22)19-32(27)17-21-12-8-6-9-13-21/h6-15,19,23,26H,5,16-18,20,30H2,1-4H3/t23?,26-/m0/s1. The molecule has 35 heavy (non-hydrogen) atoms. The number of carbonyl (C=O) groups excluding carboxylic acids is 1. The second-order valence-electron chi connectivity index (χ2n) is 9.75. The number of aromatic nitrogens is 2. The summed E-state index contributed by atoms with van der Waals surface area (Å²) in [6.07, 6.45) is 0.661. The molecule has 188 valence electrons. The fourth-order valence-electron chi connectivity index (χ4n) is 4.21. The first-order chi connectivity index (χ1) is 16.7. The van der Waals surface area contributed by atoms with Crippen LogP contribution in [0.1, 0.15) is 45.1 Å². The van der Waals surface area contributed by atoms with Crippen LogP contribution in [0.2, 0.25) is 0 Å². The van der Waals surface area contributed by atoms with Gasteiger partial charge in [-0.3, -0.25) is 4.79 Å². The molecule has 2 N–H and O–H groups in total. The Morgan fingerprint density at radius 1 is 1.11 bits per heavy atom. The molecule has 3 rings (SSSR count). The summed E-state index contributed by atoms with van der Waals surface area (Å²) in [5.74, 6) is 0.424. The minimum atomic E-state index is -1.35. The highest BCUT2D eigenvalue weighted by atomic mass is 19.1. The van der Waals surface area contributed by atoms with Crippen molar-refractivity contribution in [2.75, 3.05) is 26.3 Å². The topological polar surface area (TPSA) is 73.4 Å². The molecule has 1 unspecified atom stereocenters. The zero-order chi connectivity index (χ0) is 25.4. The SMILES string of the molecule is CCOCC(=O)N(CC(F)CN)[C@@H](c1nc(-c2ccccc2)cn1Cc1ccccc1)C(C)(C)C. The Labute approximate surface area is 207 Å². The van der Waals surface area contributed by atoms with E-state index in [0.717, 1.165) is 16.8 Å². The number of ether oxygens (including phenoxy) is 1. The average molecular weight is 481 g/mol. The van der Waals surface area contributed by atoms with Gasteiger partial charge in [-0.15, -0.1) is 0 Å². The molecule has 0 fully saturated rings. The molecule has 2 aromatic carbocycles. The summed E-state index contributed by atoms with van der Waals surface area (Å²) >= 11 is 0. The van der Waals surface area contributed by atoms with E-state index < -0.39 is 17.6 Å². The molecule has 0 radical (unpaired) electrons. The lowest BCUT2D eigenvalue weighted by atomic mass is 9.84. The summed E-state index contributed by atoms with van der Waals surface area (Å²) in [4.78, 5) is 19.9. The Hall–Kier alpha value is -3.03. The van der Waals surface area contributed by atoms with Gasteiger partial charge in [0.2, 0.25) is 5.91 Å². The predicted octanol–water partition coefficient (Wildman–Crippen LogP) is 4.85. The van der Waals surface area contributed by atoms with E-state index in [4.69, 9.17) is 15.5 Å². The van der Waals surface area contributed by atoms with Crippen LogP contribution >= 0.6 is 0 Å². The third-order valence-corrected chi connectivity index (χ3v) is 5.85. The molecule has 0 saturated heterocycles. The molecule has 0 spiro atoms. The van der Waals surface area contributed by atoms with Crippen LogP contribution in [0.25, 0.3) is 11.3 Å². The van der Waals surface area contributed by atoms with Crippen molar-refractivity contribution >= 4 is 5.91 Å². The van der Waals surface area contributed by atoms with E-state index in [1.165, 1.54) is 0 Å². The maximum atomic E-state index is 14.7. The number of benzene rings is 2. The summed E-state index contributed by atoms with van der Waals surface area (Å²) in [5.41, 5.74) is 8.06. The molecule has 6 nitrogen and oxygen atoms in total. The second-order valence-corrected chi connectivity index (χ2v) is 9.75. The molecular weight excluding hydrogens is 443 g/mol. The lowest BCUT2D eigenvalue weighted by Gasteiger charge is -2.40. The van der Waals surface area contributed by atoms with Crippen molar-refractivity contribution in [1.82, 2.24) is 14.5 Å². The number of nitrogens with zero attached hydrogens (tertiary/aromatic N) is 3. The van der Waals surface area contributed by atoms with E-state index in [9.17, 15) is 9.18 Å². The molecule has 0 aliphatic carbocycles. The maximum absolute atomic E-state index is 14.7. The number of imidazole rings is 1. The molecular formula is C28H37FN4O2. The van der Waals surface area contributed by atoms with Crippen LogP contribution in [-0.2, 0) is 16.1 Å². The van der Waals surface area contributed by atoms with Crippen molar-refractivity contribution < 1.29 is 13.9 Å².